The first-order valence-electron chi connectivity index (χ1n) is 15.3. The molecule has 0 fully saturated rings. The molecule has 6 aromatic carbocycles. The zero-order chi connectivity index (χ0) is 30.2. The van der Waals surface area contributed by atoms with Crippen molar-refractivity contribution in [2.45, 2.75) is 0 Å². The van der Waals surface area contributed by atoms with E-state index in [0.717, 1.165) is 89.1 Å². The molecule has 10 aromatic rings. The third kappa shape index (κ3) is 3.64. The van der Waals surface area contributed by atoms with Crippen molar-refractivity contribution in [3.8, 4) is 33.9 Å². The third-order valence-corrected chi connectivity index (χ3v) is 8.91. The lowest BCUT2D eigenvalue weighted by molar-refractivity contribution is 1.16. The first-order valence-corrected chi connectivity index (χ1v) is 15.3. The number of fused-ring (bicyclic) bond motifs is 10. The summed E-state index contributed by atoms with van der Waals surface area (Å²) in [7, 11) is 0. The molecule has 0 saturated carbocycles. The Kier molecular flexibility index (Phi) is 5.19. The first kappa shape index (κ1) is 25.0. The van der Waals surface area contributed by atoms with Crippen LogP contribution < -0.4 is 0 Å². The number of hydrogen-bond acceptors (Lipinski definition) is 4. The van der Waals surface area contributed by atoms with Gasteiger partial charge in [0.2, 0.25) is 0 Å². The molecule has 4 aromatic heterocycles. The first-order chi connectivity index (χ1) is 22.8. The normalized spacial score (nSPS) is 11.9. The van der Waals surface area contributed by atoms with Crippen LogP contribution in [0.1, 0.15) is 0 Å². The summed E-state index contributed by atoms with van der Waals surface area (Å²) in [6.07, 6.45) is 0. The topological polar surface area (TPSA) is 60.4 Å². The summed E-state index contributed by atoms with van der Waals surface area (Å²) in [6.45, 7) is 0. The van der Waals surface area contributed by atoms with Crippen LogP contribution in [0, 0.1) is 0 Å². The van der Waals surface area contributed by atoms with Gasteiger partial charge in [0.15, 0.2) is 0 Å². The largest absolute Gasteiger partial charge is 0.276 e. The molecule has 0 aliphatic heterocycles. The molecule has 0 bridgehead atoms. The quantitative estimate of drug-likeness (QED) is 0.206. The van der Waals surface area contributed by atoms with Crippen LogP contribution in [0.5, 0.6) is 0 Å². The highest BCUT2D eigenvalue weighted by Crippen LogP contribution is 2.33. The molecule has 214 valence electrons. The molecule has 0 saturated heterocycles. The van der Waals surface area contributed by atoms with E-state index >= 15 is 0 Å². The van der Waals surface area contributed by atoms with Gasteiger partial charge in [0.1, 0.15) is 22.9 Å². The van der Waals surface area contributed by atoms with Crippen LogP contribution in [0.25, 0.3) is 89.1 Å². The van der Waals surface area contributed by atoms with Crippen molar-refractivity contribution in [3.05, 3.63) is 146 Å². The Hall–Kier alpha value is -6.40. The van der Waals surface area contributed by atoms with Crippen LogP contribution in [0.15, 0.2) is 146 Å². The van der Waals surface area contributed by atoms with Gasteiger partial charge in [-0.1, -0.05) is 97.1 Å². The van der Waals surface area contributed by atoms with Crippen molar-refractivity contribution in [2.24, 2.45) is 0 Å². The fourth-order valence-corrected chi connectivity index (χ4v) is 6.70. The maximum atomic E-state index is 5.12. The number of aromatic nitrogens is 6. The van der Waals surface area contributed by atoms with Crippen LogP contribution in [0.2, 0.25) is 0 Å². The Labute approximate surface area is 262 Å². The Balaban J connectivity index is 1.07. The highest BCUT2D eigenvalue weighted by atomic mass is 15.1. The van der Waals surface area contributed by atoms with Gasteiger partial charge in [-0.3, -0.25) is 8.80 Å². The summed E-state index contributed by atoms with van der Waals surface area (Å²) in [4.78, 5) is 20.2. The molecule has 0 radical (unpaired) electrons. The van der Waals surface area contributed by atoms with Gasteiger partial charge in [0, 0.05) is 21.9 Å². The molecular formula is C40H24N6. The van der Waals surface area contributed by atoms with Gasteiger partial charge in [0.25, 0.3) is 0 Å². The second kappa shape index (κ2) is 9.55. The lowest BCUT2D eigenvalue weighted by atomic mass is 10.0. The minimum Gasteiger partial charge on any atom is -0.276 e. The number of para-hydroxylation sites is 6. The second-order valence-corrected chi connectivity index (χ2v) is 11.6. The van der Waals surface area contributed by atoms with E-state index in [4.69, 9.17) is 19.9 Å². The molecule has 0 unspecified atom stereocenters. The highest BCUT2D eigenvalue weighted by Gasteiger charge is 2.17. The van der Waals surface area contributed by atoms with E-state index in [-0.39, 0.29) is 0 Å². The fourth-order valence-electron chi connectivity index (χ4n) is 6.70. The summed E-state index contributed by atoms with van der Waals surface area (Å²) >= 11 is 0. The molecule has 0 amide bonds. The fraction of sp³-hybridized carbons (Fsp3) is 0. The minimum absolute atomic E-state index is 0.878. The lowest BCUT2D eigenvalue weighted by Crippen LogP contribution is -1.98. The third-order valence-electron chi connectivity index (χ3n) is 8.91. The van der Waals surface area contributed by atoms with Gasteiger partial charge in [0.05, 0.1) is 33.1 Å². The van der Waals surface area contributed by atoms with Gasteiger partial charge in [-0.05, 0) is 59.7 Å². The number of nitrogens with zero attached hydrogens (tertiary/aromatic N) is 6. The SMILES string of the molecule is c1ccc2c(c1)nc(-c1ccc(-c3ccc(-c4nc5ccccc5c5nc6ccccc6n45)cc3)cc1)n1c3ccccc3nc21. The van der Waals surface area contributed by atoms with Crippen molar-refractivity contribution in [3.63, 3.8) is 0 Å². The van der Waals surface area contributed by atoms with E-state index in [0.29, 0.717) is 0 Å². The van der Waals surface area contributed by atoms with Crippen LogP contribution in [0.4, 0.5) is 0 Å². The Morgan fingerprint density at radius 3 is 1.09 bits per heavy atom. The minimum atomic E-state index is 0.878. The van der Waals surface area contributed by atoms with Crippen molar-refractivity contribution >= 4 is 55.2 Å². The summed E-state index contributed by atoms with van der Waals surface area (Å²) < 4.78 is 4.36. The van der Waals surface area contributed by atoms with E-state index in [9.17, 15) is 0 Å². The number of benzene rings is 6. The van der Waals surface area contributed by atoms with Crippen LogP contribution >= 0.6 is 0 Å². The maximum absolute atomic E-state index is 5.12. The molecule has 0 spiro atoms. The van der Waals surface area contributed by atoms with Gasteiger partial charge in [-0.15, -0.1) is 0 Å². The van der Waals surface area contributed by atoms with Crippen molar-refractivity contribution in [1.82, 2.24) is 28.7 Å². The number of rotatable bonds is 3. The molecule has 10 rings (SSSR count). The van der Waals surface area contributed by atoms with E-state index in [1.165, 1.54) is 0 Å². The molecule has 6 heteroatoms. The van der Waals surface area contributed by atoms with Gasteiger partial charge >= 0.3 is 0 Å². The van der Waals surface area contributed by atoms with Crippen LogP contribution in [-0.2, 0) is 0 Å². The average molecular weight is 589 g/mol. The van der Waals surface area contributed by atoms with E-state index < -0.39 is 0 Å². The molecule has 0 N–H and O–H groups in total. The van der Waals surface area contributed by atoms with Crippen LogP contribution in [0.3, 0.4) is 0 Å². The smallest absolute Gasteiger partial charge is 0.149 e. The molecule has 0 atom stereocenters. The maximum Gasteiger partial charge on any atom is 0.149 e. The summed E-state index contributed by atoms with van der Waals surface area (Å²) in [5.74, 6) is 1.76. The summed E-state index contributed by atoms with van der Waals surface area (Å²) in [5.41, 5.74) is 12.1. The van der Waals surface area contributed by atoms with Crippen molar-refractivity contribution in [2.75, 3.05) is 0 Å². The second-order valence-electron chi connectivity index (χ2n) is 11.6. The lowest BCUT2D eigenvalue weighted by Gasteiger charge is -2.11. The summed E-state index contributed by atoms with van der Waals surface area (Å²) in [6, 6.07) is 50.2. The van der Waals surface area contributed by atoms with E-state index in [2.05, 4.69) is 118 Å². The monoisotopic (exact) mass is 588 g/mol. The predicted molar refractivity (Wildman–Crippen MR) is 186 cm³/mol. The molecule has 46 heavy (non-hydrogen) atoms. The van der Waals surface area contributed by atoms with Gasteiger partial charge < -0.3 is 0 Å². The zero-order valence-corrected chi connectivity index (χ0v) is 24.5. The zero-order valence-electron chi connectivity index (χ0n) is 24.5. The Morgan fingerprint density at radius 1 is 0.304 bits per heavy atom. The molecule has 4 heterocycles. The van der Waals surface area contributed by atoms with Crippen molar-refractivity contribution < 1.29 is 0 Å². The van der Waals surface area contributed by atoms with Gasteiger partial charge in [-0.25, -0.2) is 19.9 Å². The number of hydrogen-bond donors (Lipinski definition) is 0. The Bertz CT molecular complexity index is 2600. The standard InChI is InChI=1S/C40H24N6/c1-3-11-31-29(9-1)39-43-33-13-5-7-15-35(33)45(39)37(41-31)27-21-17-25(18-22-27)26-19-23-28(24-20-26)38-42-32-12-4-2-10-30(32)40-44-34-14-6-8-16-36(34)46(38)40/h1-24H. The highest BCUT2D eigenvalue weighted by molar-refractivity contribution is 5.99. The van der Waals surface area contributed by atoms with E-state index in [1.807, 2.05) is 36.4 Å². The molecule has 0 aliphatic rings. The average Bonchev–Trinajstić information content (AvgIpc) is 3.71. The predicted octanol–water partition coefficient (Wildman–Crippen LogP) is 9.39. The van der Waals surface area contributed by atoms with Crippen LogP contribution in [-0.4, -0.2) is 28.7 Å². The molecule has 6 nitrogen and oxygen atoms in total. The van der Waals surface area contributed by atoms with Crippen molar-refractivity contribution in [1.29, 1.82) is 0 Å². The molecule has 0 aliphatic carbocycles. The molecular weight excluding hydrogens is 564 g/mol. The van der Waals surface area contributed by atoms with E-state index in [1.54, 1.807) is 0 Å². The van der Waals surface area contributed by atoms with Gasteiger partial charge in [-0.2, -0.15) is 0 Å². The summed E-state index contributed by atoms with van der Waals surface area (Å²) in [5, 5.41) is 2.09. The number of imidazole rings is 2. The Morgan fingerprint density at radius 2 is 0.652 bits per heavy atom.